The number of hydrogen-bond acceptors (Lipinski definition) is 4. The molecule has 0 aliphatic carbocycles. The van der Waals surface area contributed by atoms with Crippen molar-refractivity contribution < 1.29 is 13.6 Å². The van der Waals surface area contributed by atoms with E-state index in [2.05, 4.69) is 0 Å². The van der Waals surface area contributed by atoms with Gasteiger partial charge in [0.1, 0.15) is 0 Å². The van der Waals surface area contributed by atoms with Gasteiger partial charge in [0.05, 0.1) is 5.66 Å². The molecule has 1 unspecified atom stereocenters. The van der Waals surface area contributed by atoms with E-state index in [4.69, 9.17) is 14.8 Å². The van der Waals surface area contributed by atoms with Gasteiger partial charge in [0.15, 0.2) is 0 Å². The van der Waals surface area contributed by atoms with Gasteiger partial charge in [-0.05, 0) is 16.7 Å². The van der Waals surface area contributed by atoms with Gasteiger partial charge >= 0.3 is 7.60 Å². The minimum absolute atomic E-state index is 0.261. The van der Waals surface area contributed by atoms with Crippen molar-refractivity contribution in [2.24, 2.45) is 5.73 Å². The van der Waals surface area contributed by atoms with Crippen LogP contribution < -0.4 is 5.73 Å². The van der Waals surface area contributed by atoms with Gasteiger partial charge in [0.25, 0.3) is 0 Å². The first-order valence-electron chi connectivity index (χ1n) is 9.22. The average molecular weight is 395 g/mol. The summed E-state index contributed by atoms with van der Waals surface area (Å²) in [5.74, 6) is -0.261. The molecule has 0 saturated carbocycles. The molecule has 146 valence electrons. The third-order valence-electron chi connectivity index (χ3n) is 5.09. The standard InChI is InChI=1S/C23H26NO3P/c1-26-28(25,27-2)23(22(24)20-16-10-5-11-17-20)21(18-12-6-3-7-13-18)19-14-8-4-9-15-19/h3-17,21-23H,24H2,1-2H3/t22?,23-/m1/s1. The topological polar surface area (TPSA) is 61.5 Å². The molecule has 2 N–H and O–H groups in total. The highest BCUT2D eigenvalue weighted by molar-refractivity contribution is 7.54. The normalized spacial score (nSPS) is 14.0. The van der Waals surface area contributed by atoms with Crippen LogP contribution in [0.5, 0.6) is 0 Å². The van der Waals surface area contributed by atoms with Gasteiger partial charge in [-0.25, -0.2) is 0 Å². The predicted octanol–water partition coefficient (Wildman–Crippen LogP) is 5.37. The monoisotopic (exact) mass is 395 g/mol. The molecule has 2 atom stereocenters. The summed E-state index contributed by atoms with van der Waals surface area (Å²) < 4.78 is 24.7. The van der Waals surface area contributed by atoms with Crippen molar-refractivity contribution in [1.82, 2.24) is 0 Å². The SMILES string of the molecule is COP(=O)(OC)[C@@H](C(N)c1ccccc1)C(c1ccccc1)c1ccccc1. The van der Waals surface area contributed by atoms with Crippen LogP contribution in [0.3, 0.4) is 0 Å². The van der Waals surface area contributed by atoms with Crippen LogP contribution in [0.1, 0.15) is 28.7 Å². The number of benzene rings is 3. The van der Waals surface area contributed by atoms with Gasteiger partial charge in [0, 0.05) is 26.2 Å². The number of rotatable bonds is 8. The Balaban J connectivity index is 2.21. The molecule has 0 bridgehead atoms. The Morgan fingerprint density at radius 3 is 1.39 bits per heavy atom. The summed E-state index contributed by atoms with van der Waals surface area (Å²) in [5, 5.41) is 0. The zero-order valence-corrected chi connectivity index (χ0v) is 17.0. The van der Waals surface area contributed by atoms with Gasteiger partial charge in [0.2, 0.25) is 0 Å². The second kappa shape index (κ2) is 9.31. The molecule has 3 aromatic rings. The van der Waals surface area contributed by atoms with Crippen LogP contribution in [0.2, 0.25) is 0 Å². The average Bonchev–Trinajstić information content (AvgIpc) is 2.78. The molecule has 0 aliphatic heterocycles. The molecule has 28 heavy (non-hydrogen) atoms. The highest BCUT2D eigenvalue weighted by Crippen LogP contribution is 2.60. The summed E-state index contributed by atoms with van der Waals surface area (Å²) in [4.78, 5) is 0. The largest absolute Gasteiger partial charge is 0.336 e. The smallest absolute Gasteiger partial charge is 0.323 e. The van der Waals surface area contributed by atoms with E-state index in [1.54, 1.807) is 0 Å². The second-order valence-corrected chi connectivity index (χ2v) is 9.04. The van der Waals surface area contributed by atoms with Crippen molar-refractivity contribution >= 4 is 7.60 Å². The van der Waals surface area contributed by atoms with Crippen LogP contribution in [-0.4, -0.2) is 19.9 Å². The number of hydrogen-bond donors (Lipinski definition) is 1. The quantitative estimate of drug-likeness (QED) is 0.521. The molecule has 5 heteroatoms. The van der Waals surface area contributed by atoms with Gasteiger partial charge in [-0.2, -0.15) is 0 Å². The van der Waals surface area contributed by atoms with E-state index in [9.17, 15) is 4.57 Å². The lowest BCUT2D eigenvalue weighted by Crippen LogP contribution is -2.33. The Morgan fingerprint density at radius 1 is 0.679 bits per heavy atom. The molecule has 0 saturated heterocycles. The lowest BCUT2D eigenvalue weighted by atomic mass is 9.84. The first kappa shape index (κ1) is 20.5. The molecule has 4 nitrogen and oxygen atoms in total. The zero-order valence-electron chi connectivity index (χ0n) is 16.1. The summed E-state index contributed by atoms with van der Waals surface area (Å²) in [6.45, 7) is 0. The zero-order chi connectivity index (χ0) is 20.0. The van der Waals surface area contributed by atoms with Crippen LogP contribution in [0.25, 0.3) is 0 Å². The molecule has 3 aromatic carbocycles. The summed E-state index contributed by atoms with van der Waals surface area (Å²) in [5.41, 5.74) is 9.03. The Morgan fingerprint density at radius 2 is 1.04 bits per heavy atom. The Kier molecular flexibility index (Phi) is 6.82. The van der Waals surface area contributed by atoms with E-state index < -0.39 is 19.3 Å². The van der Waals surface area contributed by atoms with E-state index in [1.165, 1.54) is 14.2 Å². The van der Waals surface area contributed by atoms with Crippen LogP contribution in [0, 0.1) is 0 Å². The lowest BCUT2D eigenvalue weighted by Gasteiger charge is -2.36. The molecule has 0 radical (unpaired) electrons. The molecule has 0 spiro atoms. The van der Waals surface area contributed by atoms with Crippen LogP contribution in [-0.2, 0) is 13.6 Å². The van der Waals surface area contributed by atoms with Crippen molar-refractivity contribution in [2.45, 2.75) is 17.6 Å². The molecular formula is C23H26NO3P. The minimum atomic E-state index is -3.52. The highest BCUT2D eigenvalue weighted by atomic mass is 31.2. The van der Waals surface area contributed by atoms with Gasteiger partial charge in [-0.15, -0.1) is 0 Å². The van der Waals surface area contributed by atoms with E-state index in [0.717, 1.165) is 16.7 Å². The first-order chi connectivity index (χ1) is 13.6. The minimum Gasteiger partial charge on any atom is -0.323 e. The highest BCUT2D eigenvalue weighted by Gasteiger charge is 2.45. The predicted molar refractivity (Wildman–Crippen MR) is 114 cm³/mol. The summed E-state index contributed by atoms with van der Waals surface area (Å²) in [6.07, 6.45) is 0. The van der Waals surface area contributed by atoms with Crippen molar-refractivity contribution in [3.8, 4) is 0 Å². The third kappa shape index (κ3) is 4.26. The van der Waals surface area contributed by atoms with Crippen molar-refractivity contribution in [1.29, 1.82) is 0 Å². The second-order valence-electron chi connectivity index (χ2n) is 6.63. The molecule has 0 fully saturated rings. The van der Waals surface area contributed by atoms with Crippen molar-refractivity contribution in [2.75, 3.05) is 14.2 Å². The molecular weight excluding hydrogens is 369 g/mol. The molecule has 0 amide bonds. The molecule has 0 aromatic heterocycles. The fourth-order valence-electron chi connectivity index (χ4n) is 3.68. The summed E-state index contributed by atoms with van der Waals surface area (Å²) in [7, 11) is -0.688. The number of nitrogens with two attached hydrogens (primary N) is 1. The van der Waals surface area contributed by atoms with Crippen LogP contribution in [0.4, 0.5) is 0 Å². The summed E-state index contributed by atoms with van der Waals surface area (Å²) >= 11 is 0. The maximum Gasteiger partial charge on any atom is 0.336 e. The maximum absolute atomic E-state index is 13.7. The fraction of sp³-hybridized carbons (Fsp3) is 0.217. The van der Waals surface area contributed by atoms with Gasteiger partial charge < -0.3 is 14.8 Å². The molecule has 0 aliphatic rings. The lowest BCUT2D eigenvalue weighted by molar-refractivity contribution is 0.256. The Bertz CT molecular complexity index is 855. The van der Waals surface area contributed by atoms with E-state index in [1.807, 2.05) is 91.0 Å². The third-order valence-corrected chi connectivity index (χ3v) is 7.45. The van der Waals surface area contributed by atoms with Crippen molar-refractivity contribution in [3.05, 3.63) is 108 Å². The van der Waals surface area contributed by atoms with Crippen LogP contribution in [0.15, 0.2) is 91.0 Å². The van der Waals surface area contributed by atoms with E-state index >= 15 is 0 Å². The molecule has 3 rings (SSSR count). The van der Waals surface area contributed by atoms with Crippen molar-refractivity contribution in [3.63, 3.8) is 0 Å². The Labute approximate surface area is 166 Å². The van der Waals surface area contributed by atoms with Crippen LogP contribution >= 0.6 is 7.60 Å². The van der Waals surface area contributed by atoms with E-state index in [0.29, 0.717) is 0 Å². The summed E-state index contributed by atoms with van der Waals surface area (Å²) in [6, 6.07) is 29.1. The van der Waals surface area contributed by atoms with Gasteiger partial charge in [-0.1, -0.05) is 91.0 Å². The Hall–Kier alpha value is -2.23. The van der Waals surface area contributed by atoms with E-state index in [-0.39, 0.29) is 5.92 Å². The fourth-order valence-corrected chi connectivity index (χ4v) is 5.60. The molecule has 0 heterocycles. The maximum atomic E-state index is 13.7. The first-order valence-corrected chi connectivity index (χ1v) is 10.8. The van der Waals surface area contributed by atoms with Gasteiger partial charge in [-0.3, -0.25) is 4.57 Å².